The monoisotopic (exact) mass is 394 g/mol. The molecule has 28 heavy (non-hydrogen) atoms. The zero-order chi connectivity index (χ0) is 20.8. The van der Waals surface area contributed by atoms with Crippen molar-refractivity contribution in [2.45, 2.75) is 24.4 Å². The lowest BCUT2D eigenvalue weighted by Gasteiger charge is -2.31. The number of amides is 1. The fourth-order valence-corrected chi connectivity index (χ4v) is 3.40. The molecule has 1 aromatic carbocycles. The number of nitrogens with zero attached hydrogens (tertiary/aromatic N) is 3. The molecule has 1 heterocycles. The van der Waals surface area contributed by atoms with Crippen LogP contribution in [0.5, 0.6) is 0 Å². The summed E-state index contributed by atoms with van der Waals surface area (Å²) in [6.07, 6.45) is -1.85. The lowest BCUT2D eigenvalue weighted by atomic mass is 10.0. The second-order valence-corrected chi connectivity index (χ2v) is 7.81. The van der Waals surface area contributed by atoms with Crippen LogP contribution in [0, 0.1) is 0 Å². The Labute approximate surface area is 167 Å². The van der Waals surface area contributed by atoms with E-state index in [0.717, 1.165) is 18.8 Å². The Balaban J connectivity index is 1.99. The van der Waals surface area contributed by atoms with Gasteiger partial charge in [-0.2, -0.15) is 0 Å². The van der Waals surface area contributed by atoms with Gasteiger partial charge in [0.15, 0.2) is 0 Å². The predicted molar refractivity (Wildman–Crippen MR) is 110 cm³/mol. The maximum absolute atomic E-state index is 12.5. The number of ether oxygens (including phenoxy) is 1. The third kappa shape index (κ3) is 5.65. The van der Waals surface area contributed by atoms with Gasteiger partial charge in [0, 0.05) is 45.0 Å². The van der Waals surface area contributed by atoms with E-state index in [2.05, 4.69) is 10.2 Å². The van der Waals surface area contributed by atoms with Crippen LogP contribution in [0.2, 0.25) is 0 Å². The van der Waals surface area contributed by atoms with Gasteiger partial charge in [0.2, 0.25) is 0 Å². The molecule has 0 bridgehead atoms. The van der Waals surface area contributed by atoms with Crippen molar-refractivity contribution >= 4 is 11.6 Å². The maximum Gasteiger partial charge on any atom is 0.251 e. The molecule has 4 unspecified atom stereocenters. The number of rotatable bonds is 9. The third-order valence-electron chi connectivity index (χ3n) is 5.16. The molecule has 8 nitrogen and oxygen atoms in total. The maximum atomic E-state index is 12.5. The molecule has 1 saturated heterocycles. The van der Waals surface area contributed by atoms with E-state index in [9.17, 15) is 15.0 Å². The zero-order valence-corrected chi connectivity index (χ0v) is 17.5. The van der Waals surface area contributed by atoms with Crippen molar-refractivity contribution in [1.29, 1.82) is 0 Å². The van der Waals surface area contributed by atoms with Crippen LogP contribution in [0.25, 0.3) is 0 Å². The number of carbonyl (C=O) groups excluding carboxylic acids is 1. The highest BCUT2D eigenvalue weighted by molar-refractivity contribution is 5.94. The first kappa shape index (κ1) is 22.6. The Kier molecular flexibility index (Phi) is 8.21. The number of benzene rings is 1. The molecule has 1 aromatic rings. The van der Waals surface area contributed by atoms with Gasteiger partial charge in [0.05, 0.1) is 18.8 Å². The lowest BCUT2D eigenvalue weighted by molar-refractivity contribution is -0.0209. The van der Waals surface area contributed by atoms with E-state index in [-0.39, 0.29) is 25.1 Å². The minimum Gasteiger partial charge on any atom is -0.394 e. The van der Waals surface area contributed by atoms with Crippen molar-refractivity contribution in [3.63, 3.8) is 0 Å². The third-order valence-corrected chi connectivity index (χ3v) is 5.16. The Morgan fingerprint density at radius 2 is 1.71 bits per heavy atom. The molecule has 0 aromatic heterocycles. The lowest BCUT2D eigenvalue weighted by Crippen LogP contribution is -2.51. The summed E-state index contributed by atoms with van der Waals surface area (Å²) < 4.78 is 5.82. The normalized spacial score (nSPS) is 24.8. The van der Waals surface area contributed by atoms with Gasteiger partial charge in [0.1, 0.15) is 12.2 Å². The summed E-state index contributed by atoms with van der Waals surface area (Å²) in [5.74, 6) is -0.189. The summed E-state index contributed by atoms with van der Waals surface area (Å²) in [7, 11) is 9.80. The highest BCUT2D eigenvalue weighted by atomic mass is 16.5. The molecule has 8 heteroatoms. The first-order valence-corrected chi connectivity index (χ1v) is 9.59. The number of anilines is 1. The summed E-state index contributed by atoms with van der Waals surface area (Å²) in [4.78, 5) is 18.6. The summed E-state index contributed by atoms with van der Waals surface area (Å²) >= 11 is 0. The second-order valence-electron chi connectivity index (χ2n) is 7.81. The average Bonchev–Trinajstić information content (AvgIpc) is 2.99. The Morgan fingerprint density at radius 1 is 1.07 bits per heavy atom. The molecular formula is C20H34N4O4. The van der Waals surface area contributed by atoms with E-state index < -0.39 is 18.3 Å². The number of carbonyl (C=O) groups is 1. The number of likely N-dealkylation sites (N-methyl/N-ethyl adjacent to an activating group) is 2. The predicted octanol–water partition coefficient (Wildman–Crippen LogP) is -0.535. The molecule has 0 aliphatic carbocycles. The van der Waals surface area contributed by atoms with Crippen molar-refractivity contribution in [3.8, 4) is 0 Å². The van der Waals surface area contributed by atoms with E-state index in [1.165, 1.54) is 0 Å². The smallest absolute Gasteiger partial charge is 0.251 e. The van der Waals surface area contributed by atoms with Gasteiger partial charge in [-0.05, 0) is 45.4 Å². The van der Waals surface area contributed by atoms with Crippen molar-refractivity contribution < 1.29 is 19.7 Å². The van der Waals surface area contributed by atoms with Gasteiger partial charge in [-0.25, -0.2) is 0 Å². The van der Waals surface area contributed by atoms with Gasteiger partial charge in [-0.15, -0.1) is 0 Å². The molecule has 158 valence electrons. The highest BCUT2D eigenvalue weighted by Crippen LogP contribution is 2.25. The summed E-state index contributed by atoms with van der Waals surface area (Å²) in [5.41, 5.74) is 1.59. The summed E-state index contributed by atoms with van der Waals surface area (Å²) in [6.45, 7) is 1.59. The highest BCUT2D eigenvalue weighted by Gasteiger charge is 2.45. The Hall–Kier alpha value is -1.71. The van der Waals surface area contributed by atoms with Crippen molar-refractivity contribution in [3.05, 3.63) is 29.8 Å². The topological polar surface area (TPSA) is 88.5 Å². The molecular weight excluding hydrogens is 360 g/mol. The molecule has 1 amide bonds. The molecule has 0 saturated carbocycles. The molecule has 1 fully saturated rings. The van der Waals surface area contributed by atoms with E-state index in [1.807, 2.05) is 57.2 Å². The standard InChI is InChI=1S/C20H34N4O4/c1-22(2)10-11-24(5)18-16(28-17(13-25)19(18)26)12-21-20(27)14-6-8-15(9-7-14)23(3)4/h6-9,16-19,25-26H,10-13H2,1-5H3,(H,21,27). The van der Waals surface area contributed by atoms with Crippen LogP contribution >= 0.6 is 0 Å². The van der Waals surface area contributed by atoms with Crippen LogP contribution in [-0.2, 0) is 4.74 Å². The molecule has 0 radical (unpaired) electrons. The zero-order valence-electron chi connectivity index (χ0n) is 17.5. The first-order valence-electron chi connectivity index (χ1n) is 9.59. The van der Waals surface area contributed by atoms with Crippen LogP contribution in [0.4, 0.5) is 5.69 Å². The van der Waals surface area contributed by atoms with Gasteiger partial charge in [-0.3, -0.25) is 9.69 Å². The minimum absolute atomic E-state index is 0.189. The number of nitrogens with one attached hydrogen (secondary N) is 1. The first-order chi connectivity index (χ1) is 13.2. The van der Waals surface area contributed by atoms with E-state index >= 15 is 0 Å². The number of aliphatic hydroxyl groups excluding tert-OH is 2. The van der Waals surface area contributed by atoms with Crippen molar-refractivity contribution in [2.75, 3.05) is 66.4 Å². The number of hydrogen-bond donors (Lipinski definition) is 3. The summed E-state index contributed by atoms with van der Waals surface area (Å²) in [5, 5.41) is 23.0. The Morgan fingerprint density at radius 3 is 2.25 bits per heavy atom. The van der Waals surface area contributed by atoms with E-state index in [4.69, 9.17) is 4.74 Å². The SMILES string of the molecule is CN(C)CCN(C)C1C(CNC(=O)c2ccc(N(C)C)cc2)OC(CO)C1O. The average molecular weight is 395 g/mol. The fraction of sp³-hybridized carbons (Fsp3) is 0.650. The van der Waals surface area contributed by atoms with Gasteiger partial charge in [0.25, 0.3) is 5.91 Å². The molecule has 1 aliphatic rings. The second kappa shape index (κ2) is 10.2. The molecule has 4 atom stereocenters. The number of hydrogen-bond acceptors (Lipinski definition) is 7. The quantitative estimate of drug-likeness (QED) is 0.519. The molecule has 2 rings (SSSR count). The van der Waals surface area contributed by atoms with Crippen LogP contribution < -0.4 is 10.2 Å². The van der Waals surface area contributed by atoms with Crippen molar-refractivity contribution in [2.24, 2.45) is 0 Å². The fourth-order valence-electron chi connectivity index (χ4n) is 3.40. The number of aliphatic hydroxyl groups is 2. The Bertz CT molecular complexity index is 623. The minimum atomic E-state index is -0.807. The van der Waals surface area contributed by atoms with Gasteiger partial charge >= 0.3 is 0 Å². The summed E-state index contributed by atoms with van der Waals surface area (Å²) in [6, 6.07) is 7.06. The van der Waals surface area contributed by atoms with Gasteiger partial charge in [-0.1, -0.05) is 0 Å². The van der Waals surface area contributed by atoms with Crippen LogP contribution in [0.1, 0.15) is 10.4 Å². The molecule has 3 N–H and O–H groups in total. The van der Waals surface area contributed by atoms with Crippen LogP contribution in [-0.4, -0.2) is 112 Å². The van der Waals surface area contributed by atoms with Gasteiger partial charge < -0.3 is 30.1 Å². The van der Waals surface area contributed by atoms with E-state index in [0.29, 0.717) is 5.56 Å². The van der Waals surface area contributed by atoms with Crippen LogP contribution in [0.15, 0.2) is 24.3 Å². The van der Waals surface area contributed by atoms with E-state index in [1.54, 1.807) is 12.1 Å². The van der Waals surface area contributed by atoms with Crippen LogP contribution in [0.3, 0.4) is 0 Å². The molecule has 1 aliphatic heterocycles. The largest absolute Gasteiger partial charge is 0.394 e. The molecule has 0 spiro atoms. The van der Waals surface area contributed by atoms with Crippen molar-refractivity contribution in [1.82, 2.24) is 15.1 Å².